The molecule has 1 atom stereocenters. The Morgan fingerprint density at radius 3 is 2.89 bits per heavy atom. The van der Waals surface area contributed by atoms with Crippen LogP contribution in [0, 0.1) is 5.82 Å². The summed E-state index contributed by atoms with van der Waals surface area (Å²) in [5.74, 6) is 0.559. The molecule has 1 aliphatic rings. The van der Waals surface area contributed by atoms with Crippen LogP contribution in [0.15, 0.2) is 28.8 Å². The van der Waals surface area contributed by atoms with Gasteiger partial charge in [0, 0.05) is 25.3 Å². The van der Waals surface area contributed by atoms with Gasteiger partial charge in [-0.3, -0.25) is 4.79 Å². The Balaban J connectivity index is 1.60. The average Bonchev–Trinajstić information content (AvgIpc) is 3.28. The maximum Gasteiger partial charge on any atom is 0.271 e. The molecule has 1 aliphatic heterocycles. The lowest BCUT2D eigenvalue weighted by Crippen LogP contribution is -2.26. The van der Waals surface area contributed by atoms with E-state index in [2.05, 4.69) is 25.4 Å². The van der Waals surface area contributed by atoms with Crippen LogP contribution in [-0.4, -0.2) is 46.3 Å². The fraction of sp³-hybridized carbons (Fsp3) is 0.333. The summed E-state index contributed by atoms with van der Waals surface area (Å²) in [5.41, 5.74) is 1.96. The van der Waals surface area contributed by atoms with E-state index in [9.17, 15) is 9.18 Å². The molecule has 3 aromatic rings. The molecule has 0 radical (unpaired) electrons. The third-order valence-corrected chi connectivity index (χ3v) is 4.49. The first-order valence-corrected chi connectivity index (χ1v) is 8.58. The first-order valence-electron chi connectivity index (χ1n) is 8.58. The van der Waals surface area contributed by atoms with Crippen molar-refractivity contribution in [3.8, 4) is 11.6 Å². The van der Waals surface area contributed by atoms with Crippen molar-refractivity contribution >= 4 is 5.91 Å². The summed E-state index contributed by atoms with van der Waals surface area (Å²) < 4.78 is 23.3. The minimum Gasteiger partial charge on any atom is -0.384 e. The molecule has 0 spiro atoms. The summed E-state index contributed by atoms with van der Waals surface area (Å²) in [6, 6.07) is 6.30. The van der Waals surface area contributed by atoms with Crippen LogP contribution in [0.4, 0.5) is 4.39 Å². The third-order valence-electron chi connectivity index (χ3n) is 4.49. The Morgan fingerprint density at radius 1 is 1.30 bits per heavy atom. The van der Waals surface area contributed by atoms with E-state index >= 15 is 0 Å². The number of nitrogens with one attached hydrogen (secondary N) is 2. The standard InChI is InChI=1S/C18H18FN5O3/c1-26-7-6-14-22-17(24-27-14)16-21-13-8-11(9-20-18(25)15(13)23-16)10-2-4-12(19)5-3-10/h2-5,11H,6-9H2,1H3,(H,20,25)(H,21,23)/t11-/m1/s1. The van der Waals surface area contributed by atoms with E-state index in [1.807, 2.05) is 0 Å². The summed E-state index contributed by atoms with van der Waals surface area (Å²) in [4.78, 5) is 24.2. The number of H-pyrrole nitrogens is 1. The molecule has 0 bridgehead atoms. The molecule has 9 heteroatoms. The van der Waals surface area contributed by atoms with Crippen LogP contribution in [0.1, 0.15) is 33.6 Å². The van der Waals surface area contributed by atoms with Gasteiger partial charge in [-0.05, 0) is 24.1 Å². The number of rotatable bonds is 5. The molecule has 0 fully saturated rings. The smallest absolute Gasteiger partial charge is 0.271 e. The lowest BCUT2D eigenvalue weighted by atomic mass is 9.94. The zero-order chi connectivity index (χ0) is 18.8. The Bertz CT molecular complexity index is 950. The van der Waals surface area contributed by atoms with Crippen LogP contribution < -0.4 is 5.32 Å². The number of aromatic nitrogens is 4. The molecule has 0 saturated carbocycles. The van der Waals surface area contributed by atoms with Crippen LogP contribution in [0.3, 0.4) is 0 Å². The summed E-state index contributed by atoms with van der Waals surface area (Å²) in [6.07, 6.45) is 1.05. The van der Waals surface area contributed by atoms with Crippen molar-refractivity contribution in [1.82, 2.24) is 25.4 Å². The van der Waals surface area contributed by atoms with E-state index < -0.39 is 0 Å². The number of fused-ring (bicyclic) bond motifs is 1. The van der Waals surface area contributed by atoms with Gasteiger partial charge in [-0.2, -0.15) is 4.98 Å². The fourth-order valence-electron chi connectivity index (χ4n) is 3.08. The molecule has 1 amide bonds. The minimum atomic E-state index is -0.290. The zero-order valence-corrected chi connectivity index (χ0v) is 14.7. The fourth-order valence-corrected chi connectivity index (χ4v) is 3.08. The van der Waals surface area contributed by atoms with E-state index in [1.165, 1.54) is 12.1 Å². The first kappa shape index (κ1) is 17.3. The summed E-state index contributed by atoms with van der Waals surface area (Å²) in [5, 5.41) is 6.78. The molecule has 1 aromatic carbocycles. The lowest BCUT2D eigenvalue weighted by Gasteiger charge is -2.14. The highest BCUT2D eigenvalue weighted by Crippen LogP contribution is 2.26. The van der Waals surface area contributed by atoms with Crippen molar-refractivity contribution in [2.75, 3.05) is 20.3 Å². The van der Waals surface area contributed by atoms with Crippen molar-refractivity contribution in [2.24, 2.45) is 0 Å². The van der Waals surface area contributed by atoms with Gasteiger partial charge in [0.05, 0.1) is 13.0 Å². The monoisotopic (exact) mass is 371 g/mol. The topological polar surface area (TPSA) is 106 Å². The number of hydrogen-bond donors (Lipinski definition) is 2. The molecule has 140 valence electrons. The molecule has 27 heavy (non-hydrogen) atoms. The first-order chi connectivity index (χ1) is 13.1. The second-order valence-electron chi connectivity index (χ2n) is 6.33. The van der Waals surface area contributed by atoms with Crippen molar-refractivity contribution in [1.29, 1.82) is 0 Å². The number of imidazole rings is 1. The largest absolute Gasteiger partial charge is 0.384 e. The van der Waals surface area contributed by atoms with Crippen LogP contribution in [0.25, 0.3) is 11.6 Å². The summed E-state index contributed by atoms with van der Waals surface area (Å²) in [6.45, 7) is 0.922. The van der Waals surface area contributed by atoms with E-state index in [4.69, 9.17) is 9.26 Å². The number of ether oxygens (including phenoxy) is 1. The molecule has 2 N–H and O–H groups in total. The van der Waals surface area contributed by atoms with Crippen molar-refractivity contribution < 1.29 is 18.4 Å². The Kier molecular flexibility index (Phi) is 4.68. The number of hydrogen-bond acceptors (Lipinski definition) is 6. The van der Waals surface area contributed by atoms with Crippen LogP contribution >= 0.6 is 0 Å². The molecular formula is C18H18FN5O3. The molecule has 2 aromatic heterocycles. The number of amides is 1. The normalized spacial score (nSPS) is 16.7. The Hall–Kier alpha value is -3.07. The van der Waals surface area contributed by atoms with E-state index in [1.54, 1.807) is 19.2 Å². The highest BCUT2D eigenvalue weighted by atomic mass is 19.1. The van der Waals surface area contributed by atoms with Crippen molar-refractivity contribution in [2.45, 2.75) is 18.8 Å². The second-order valence-corrected chi connectivity index (χ2v) is 6.33. The Morgan fingerprint density at radius 2 is 2.11 bits per heavy atom. The minimum absolute atomic E-state index is 0.00614. The molecular weight excluding hydrogens is 353 g/mol. The number of methoxy groups -OCH3 is 1. The van der Waals surface area contributed by atoms with Gasteiger partial charge in [0.15, 0.2) is 5.82 Å². The van der Waals surface area contributed by atoms with Crippen molar-refractivity contribution in [3.05, 3.63) is 52.9 Å². The SMILES string of the molecule is COCCc1nc(-c2nc3c([nH]2)C[C@@H](c2ccc(F)cc2)CNC3=O)no1. The molecule has 0 aliphatic carbocycles. The highest BCUT2D eigenvalue weighted by molar-refractivity contribution is 5.94. The average molecular weight is 371 g/mol. The second kappa shape index (κ2) is 7.28. The summed E-state index contributed by atoms with van der Waals surface area (Å²) >= 11 is 0. The van der Waals surface area contributed by atoms with Crippen LogP contribution in [0.5, 0.6) is 0 Å². The predicted molar refractivity (Wildman–Crippen MR) is 92.6 cm³/mol. The number of carbonyl (C=O) groups excluding carboxylic acids is 1. The molecule has 0 unspecified atom stereocenters. The van der Waals surface area contributed by atoms with E-state index in [0.717, 1.165) is 5.56 Å². The Labute approximate surface area is 154 Å². The molecule has 0 saturated heterocycles. The number of halogens is 1. The van der Waals surface area contributed by atoms with Gasteiger partial charge in [-0.25, -0.2) is 9.37 Å². The van der Waals surface area contributed by atoms with Gasteiger partial charge in [0.2, 0.25) is 11.7 Å². The summed E-state index contributed by atoms with van der Waals surface area (Å²) in [7, 11) is 1.59. The maximum atomic E-state index is 13.2. The molecule has 3 heterocycles. The number of aromatic amines is 1. The maximum absolute atomic E-state index is 13.2. The van der Waals surface area contributed by atoms with Gasteiger partial charge < -0.3 is 19.6 Å². The number of benzene rings is 1. The van der Waals surface area contributed by atoms with Gasteiger partial charge in [-0.15, -0.1) is 0 Å². The predicted octanol–water partition coefficient (Wildman–Crippen LogP) is 1.86. The molecule has 4 rings (SSSR count). The number of carbonyl (C=O) groups is 1. The van der Waals surface area contributed by atoms with Gasteiger partial charge >= 0.3 is 0 Å². The molecule has 8 nitrogen and oxygen atoms in total. The quantitative estimate of drug-likeness (QED) is 0.709. The van der Waals surface area contributed by atoms with Crippen LogP contribution in [0.2, 0.25) is 0 Å². The van der Waals surface area contributed by atoms with Gasteiger partial charge in [0.25, 0.3) is 5.91 Å². The van der Waals surface area contributed by atoms with E-state index in [0.29, 0.717) is 54.9 Å². The third kappa shape index (κ3) is 3.59. The number of nitrogens with zero attached hydrogens (tertiary/aromatic N) is 3. The zero-order valence-electron chi connectivity index (χ0n) is 14.7. The van der Waals surface area contributed by atoms with Crippen LogP contribution in [-0.2, 0) is 17.6 Å². The van der Waals surface area contributed by atoms with Crippen molar-refractivity contribution in [3.63, 3.8) is 0 Å². The highest BCUT2D eigenvalue weighted by Gasteiger charge is 2.27. The van der Waals surface area contributed by atoms with E-state index in [-0.39, 0.29) is 17.6 Å². The van der Waals surface area contributed by atoms with Gasteiger partial charge in [-0.1, -0.05) is 17.3 Å². The lowest BCUT2D eigenvalue weighted by molar-refractivity contribution is 0.0950. The van der Waals surface area contributed by atoms with Gasteiger partial charge in [0.1, 0.15) is 11.5 Å².